The molecule has 1 heterocycles. The van der Waals surface area contributed by atoms with Crippen LogP contribution in [0.3, 0.4) is 0 Å². The lowest BCUT2D eigenvalue weighted by Crippen LogP contribution is -2.39. The highest BCUT2D eigenvalue weighted by molar-refractivity contribution is 14.1. The largest absolute Gasteiger partial charge is 0.444 e. The van der Waals surface area contributed by atoms with Crippen molar-refractivity contribution in [3.63, 3.8) is 0 Å². The van der Waals surface area contributed by atoms with Crippen LogP contribution in [0, 0.1) is 12.3 Å². The number of carbonyl (C=O) groups is 1. The minimum Gasteiger partial charge on any atom is -0.444 e. The minimum atomic E-state index is -0.443. The zero-order valence-electron chi connectivity index (χ0n) is 10.00. The van der Waals surface area contributed by atoms with Crippen LogP contribution in [0.25, 0.3) is 0 Å². The number of nitrogens with zero attached hydrogens (tertiary/aromatic N) is 1. The number of hydrogen-bond donors (Lipinski definition) is 0. The van der Waals surface area contributed by atoms with E-state index in [9.17, 15) is 4.79 Å². The summed E-state index contributed by atoms with van der Waals surface area (Å²) in [5.74, 6) is 2.63. The van der Waals surface area contributed by atoms with E-state index in [2.05, 4.69) is 28.5 Å². The predicted molar refractivity (Wildman–Crippen MR) is 72.6 cm³/mol. The van der Waals surface area contributed by atoms with Crippen LogP contribution in [-0.2, 0) is 4.74 Å². The zero-order valence-corrected chi connectivity index (χ0v) is 12.2. The predicted octanol–water partition coefficient (Wildman–Crippen LogP) is 2.82. The van der Waals surface area contributed by atoms with Crippen molar-refractivity contribution in [1.82, 2.24) is 4.90 Å². The normalized spacial score (nSPS) is 25.3. The lowest BCUT2D eigenvalue weighted by Gasteiger charge is -2.27. The summed E-state index contributed by atoms with van der Waals surface area (Å²) in [7, 11) is 0. The molecule has 0 spiro atoms. The second kappa shape index (κ2) is 5.26. The van der Waals surface area contributed by atoms with Crippen molar-refractivity contribution in [3.05, 3.63) is 0 Å². The Morgan fingerprint density at radius 3 is 2.75 bits per heavy atom. The van der Waals surface area contributed by atoms with Crippen molar-refractivity contribution in [2.45, 2.75) is 49.2 Å². The maximum Gasteiger partial charge on any atom is 0.410 e. The second-order valence-electron chi connectivity index (χ2n) is 5.03. The fraction of sp³-hybridized carbons (Fsp3) is 0.750. The van der Waals surface area contributed by atoms with Crippen LogP contribution in [0.1, 0.15) is 33.6 Å². The molecule has 1 saturated heterocycles. The molecule has 1 rings (SSSR count). The second-order valence-corrected chi connectivity index (χ2v) is 6.79. The number of amides is 1. The molecule has 16 heavy (non-hydrogen) atoms. The minimum absolute atomic E-state index is 0.141. The molecule has 0 aromatic heterocycles. The first kappa shape index (κ1) is 13.6. The summed E-state index contributed by atoms with van der Waals surface area (Å²) >= 11 is 2.35. The van der Waals surface area contributed by atoms with E-state index in [1.54, 1.807) is 4.90 Å². The highest BCUT2D eigenvalue weighted by Gasteiger charge is 2.35. The van der Waals surface area contributed by atoms with E-state index in [0.717, 1.165) is 13.0 Å². The van der Waals surface area contributed by atoms with Crippen LogP contribution < -0.4 is 0 Å². The lowest BCUT2D eigenvalue weighted by atomic mass is 10.1. The molecular formula is C12H18INO2. The molecule has 0 bridgehead atoms. The van der Waals surface area contributed by atoms with Crippen LogP contribution in [0.5, 0.6) is 0 Å². The number of terminal acetylenes is 1. The maximum atomic E-state index is 11.9. The summed E-state index contributed by atoms with van der Waals surface area (Å²) in [5.41, 5.74) is -0.443. The van der Waals surface area contributed by atoms with Crippen LogP contribution in [-0.4, -0.2) is 33.1 Å². The van der Waals surface area contributed by atoms with Crippen LogP contribution in [0.2, 0.25) is 0 Å². The monoisotopic (exact) mass is 335 g/mol. The topological polar surface area (TPSA) is 29.5 Å². The Bertz CT molecular complexity index is 303. The van der Waals surface area contributed by atoms with E-state index in [0.29, 0.717) is 10.3 Å². The van der Waals surface area contributed by atoms with Crippen LogP contribution in [0.4, 0.5) is 4.79 Å². The van der Waals surface area contributed by atoms with E-state index in [-0.39, 0.29) is 12.1 Å². The maximum absolute atomic E-state index is 11.9. The Morgan fingerprint density at radius 2 is 2.25 bits per heavy atom. The van der Waals surface area contributed by atoms with Crippen molar-refractivity contribution in [2.24, 2.45) is 0 Å². The molecule has 0 N–H and O–H groups in total. The molecule has 1 fully saturated rings. The fourth-order valence-electron chi connectivity index (χ4n) is 1.73. The van der Waals surface area contributed by atoms with E-state index in [4.69, 9.17) is 11.2 Å². The average Bonchev–Trinajstić information content (AvgIpc) is 2.44. The molecule has 0 saturated carbocycles. The number of likely N-dealkylation sites (tertiary alicyclic amines) is 1. The molecular weight excluding hydrogens is 317 g/mol. The molecule has 0 unspecified atom stereocenters. The van der Waals surface area contributed by atoms with Gasteiger partial charge in [0.2, 0.25) is 0 Å². The number of ether oxygens (including phenoxy) is 1. The highest BCUT2D eigenvalue weighted by Crippen LogP contribution is 2.27. The number of carbonyl (C=O) groups excluding carboxylic acids is 1. The molecule has 2 atom stereocenters. The number of rotatable bonds is 1. The van der Waals surface area contributed by atoms with Gasteiger partial charge in [0.1, 0.15) is 5.60 Å². The molecule has 4 heteroatoms. The Kier molecular flexibility index (Phi) is 4.48. The highest BCUT2D eigenvalue weighted by atomic mass is 127. The molecule has 0 radical (unpaired) electrons. The van der Waals surface area contributed by atoms with Gasteiger partial charge in [0.15, 0.2) is 0 Å². The van der Waals surface area contributed by atoms with Gasteiger partial charge in [-0.25, -0.2) is 4.79 Å². The van der Waals surface area contributed by atoms with Gasteiger partial charge in [-0.3, -0.25) is 0 Å². The smallest absolute Gasteiger partial charge is 0.410 e. The molecule has 0 aliphatic carbocycles. The molecule has 1 aliphatic rings. The Balaban J connectivity index is 2.64. The van der Waals surface area contributed by atoms with Gasteiger partial charge in [0.05, 0.1) is 0 Å². The van der Waals surface area contributed by atoms with Gasteiger partial charge < -0.3 is 9.64 Å². The summed E-state index contributed by atoms with van der Waals surface area (Å²) in [4.78, 5) is 13.7. The molecule has 3 nitrogen and oxygen atoms in total. The Morgan fingerprint density at radius 1 is 1.62 bits per heavy atom. The molecule has 90 valence electrons. The molecule has 0 aromatic carbocycles. The van der Waals surface area contributed by atoms with Crippen molar-refractivity contribution in [2.75, 3.05) is 6.54 Å². The standard InChI is InChI=1S/C12H18INO2/c1-5-6-10-7-9(13)8-14(10)11(15)16-12(2,3)4/h1,9-10H,6-8H2,2-4H3/t9-,10+/m0/s1. The van der Waals surface area contributed by atoms with Crippen LogP contribution >= 0.6 is 22.6 Å². The number of hydrogen-bond acceptors (Lipinski definition) is 2. The van der Waals surface area contributed by atoms with Crippen molar-refractivity contribution in [3.8, 4) is 12.3 Å². The first-order valence-corrected chi connectivity index (χ1v) is 6.65. The van der Waals surface area contributed by atoms with Gasteiger partial charge in [-0.2, -0.15) is 0 Å². The summed E-state index contributed by atoms with van der Waals surface area (Å²) in [6, 6.07) is 0.141. The zero-order chi connectivity index (χ0) is 12.3. The van der Waals surface area contributed by atoms with E-state index >= 15 is 0 Å². The van der Waals surface area contributed by atoms with Crippen molar-refractivity contribution < 1.29 is 9.53 Å². The summed E-state index contributed by atoms with van der Waals surface area (Å²) in [5, 5.41) is 0. The van der Waals surface area contributed by atoms with Gasteiger partial charge in [0, 0.05) is 22.9 Å². The van der Waals surface area contributed by atoms with Gasteiger partial charge in [-0.15, -0.1) is 12.3 Å². The van der Waals surface area contributed by atoms with Gasteiger partial charge in [-0.05, 0) is 27.2 Å². The third-order valence-corrected chi connectivity index (χ3v) is 3.25. The van der Waals surface area contributed by atoms with E-state index < -0.39 is 5.60 Å². The van der Waals surface area contributed by atoms with Crippen LogP contribution in [0.15, 0.2) is 0 Å². The first-order valence-electron chi connectivity index (χ1n) is 5.40. The first-order chi connectivity index (χ1) is 7.33. The average molecular weight is 335 g/mol. The van der Waals surface area contributed by atoms with Crippen molar-refractivity contribution >= 4 is 28.7 Å². The lowest BCUT2D eigenvalue weighted by molar-refractivity contribution is 0.0231. The van der Waals surface area contributed by atoms with E-state index in [1.165, 1.54) is 0 Å². The molecule has 0 aromatic rings. The van der Waals surface area contributed by atoms with Crippen molar-refractivity contribution in [1.29, 1.82) is 0 Å². The van der Waals surface area contributed by atoms with Gasteiger partial charge in [-0.1, -0.05) is 22.6 Å². The van der Waals surface area contributed by atoms with Gasteiger partial charge >= 0.3 is 6.09 Å². The molecule has 1 amide bonds. The molecule has 1 aliphatic heterocycles. The number of halogens is 1. The summed E-state index contributed by atoms with van der Waals surface area (Å²) in [6.07, 6.45) is 6.64. The Labute approximate surface area is 111 Å². The fourth-order valence-corrected chi connectivity index (χ4v) is 2.74. The third-order valence-electron chi connectivity index (χ3n) is 2.34. The number of alkyl halides is 1. The SMILES string of the molecule is C#CC[C@@H]1C[C@H](I)CN1C(=O)OC(C)(C)C. The third kappa shape index (κ3) is 3.85. The Hall–Kier alpha value is -0.440. The summed E-state index contributed by atoms with van der Waals surface area (Å²) < 4.78 is 5.84. The van der Waals surface area contributed by atoms with E-state index in [1.807, 2.05) is 20.8 Å². The summed E-state index contributed by atoms with van der Waals surface area (Å²) in [6.45, 7) is 6.36. The van der Waals surface area contributed by atoms with Gasteiger partial charge in [0.25, 0.3) is 0 Å². The quantitative estimate of drug-likeness (QED) is 0.419.